The molecular weight excluding hydrogens is 126 g/mol. The van der Waals surface area contributed by atoms with E-state index in [1.807, 2.05) is 13.0 Å². The highest BCUT2D eigenvalue weighted by Crippen LogP contribution is 1.93. The minimum atomic E-state index is 0.949. The summed E-state index contributed by atoms with van der Waals surface area (Å²) in [5.74, 6) is 0.957. The van der Waals surface area contributed by atoms with E-state index in [1.54, 1.807) is 0 Å². The number of hydrogen-bond acceptors (Lipinski definition) is 2. The maximum Gasteiger partial charge on any atom is 0.137 e. The molecule has 0 fully saturated rings. The van der Waals surface area contributed by atoms with Crippen molar-refractivity contribution in [3.05, 3.63) is 24.3 Å². The standard InChI is InChI=1S/C7H11N3/c1-2-3-4-5-7-8-6-9-10-7/h2-3,6H,4-5H2,1H3,(H,8,9,10). The molecule has 0 spiro atoms. The Labute approximate surface area is 60.2 Å². The largest absolute Gasteiger partial charge is 0.263 e. The van der Waals surface area contributed by atoms with Crippen LogP contribution in [0, 0.1) is 0 Å². The fourth-order valence-corrected chi connectivity index (χ4v) is 0.738. The molecule has 10 heavy (non-hydrogen) atoms. The van der Waals surface area contributed by atoms with Gasteiger partial charge in [0.25, 0.3) is 0 Å². The summed E-state index contributed by atoms with van der Waals surface area (Å²) in [5, 5.41) is 6.54. The monoisotopic (exact) mass is 137 g/mol. The maximum atomic E-state index is 3.99. The van der Waals surface area contributed by atoms with Crippen molar-refractivity contribution >= 4 is 0 Å². The summed E-state index contributed by atoms with van der Waals surface area (Å²) in [6.07, 6.45) is 7.67. The van der Waals surface area contributed by atoms with Crippen molar-refractivity contribution in [3.8, 4) is 0 Å². The van der Waals surface area contributed by atoms with Crippen LogP contribution in [-0.2, 0) is 6.42 Å². The van der Waals surface area contributed by atoms with Crippen LogP contribution in [-0.4, -0.2) is 15.2 Å². The van der Waals surface area contributed by atoms with Crippen LogP contribution in [0.2, 0.25) is 0 Å². The van der Waals surface area contributed by atoms with E-state index in [1.165, 1.54) is 6.33 Å². The molecule has 0 bridgehead atoms. The second kappa shape index (κ2) is 3.82. The number of nitrogens with one attached hydrogen (secondary N) is 1. The molecule has 0 unspecified atom stereocenters. The number of aromatic amines is 1. The highest BCUT2D eigenvalue weighted by molar-refractivity contribution is 4.86. The third-order valence-corrected chi connectivity index (χ3v) is 1.25. The number of aromatic nitrogens is 3. The zero-order valence-corrected chi connectivity index (χ0v) is 6.04. The van der Waals surface area contributed by atoms with Gasteiger partial charge in [-0.2, -0.15) is 5.10 Å². The predicted octanol–water partition coefficient (Wildman–Crippen LogP) is 1.31. The first-order valence-corrected chi connectivity index (χ1v) is 3.39. The topological polar surface area (TPSA) is 41.6 Å². The van der Waals surface area contributed by atoms with Crippen LogP contribution >= 0.6 is 0 Å². The second-order valence-corrected chi connectivity index (χ2v) is 2.04. The summed E-state index contributed by atoms with van der Waals surface area (Å²) >= 11 is 0. The molecule has 0 aromatic carbocycles. The van der Waals surface area contributed by atoms with Crippen molar-refractivity contribution in [2.75, 3.05) is 0 Å². The van der Waals surface area contributed by atoms with Gasteiger partial charge in [0.1, 0.15) is 12.2 Å². The molecule has 1 aromatic rings. The highest BCUT2D eigenvalue weighted by atomic mass is 15.2. The third-order valence-electron chi connectivity index (χ3n) is 1.25. The Bertz CT molecular complexity index is 189. The smallest absolute Gasteiger partial charge is 0.137 e. The molecule has 0 saturated carbocycles. The van der Waals surface area contributed by atoms with Crippen molar-refractivity contribution < 1.29 is 0 Å². The van der Waals surface area contributed by atoms with Crippen LogP contribution in [0.15, 0.2) is 18.5 Å². The zero-order valence-electron chi connectivity index (χ0n) is 6.04. The molecule has 0 atom stereocenters. The summed E-state index contributed by atoms with van der Waals surface area (Å²) in [6, 6.07) is 0. The normalized spacial score (nSPS) is 10.9. The zero-order chi connectivity index (χ0) is 7.23. The molecule has 0 amide bonds. The lowest BCUT2D eigenvalue weighted by Crippen LogP contribution is -1.85. The van der Waals surface area contributed by atoms with E-state index in [9.17, 15) is 0 Å². The second-order valence-electron chi connectivity index (χ2n) is 2.04. The van der Waals surface area contributed by atoms with Gasteiger partial charge in [0.15, 0.2) is 0 Å². The SMILES string of the molecule is CC=CCCc1ncn[nH]1. The molecule has 0 aliphatic heterocycles. The van der Waals surface area contributed by atoms with Crippen LogP contribution in [0.1, 0.15) is 19.2 Å². The van der Waals surface area contributed by atoms with Crippen molar-refractivity contribution in [3.63, 3.8) is 0 Å². The van der Waals surface area contributed by atoms with E-state index in [4.69, 9.17) is 0 Å². The number of rotatable bonds is 3. The van der Waals surface area contributed by atoms with Gasteiger partial charge in [-0.3, -0.25) is 5.10 Å². The van der Waals surface area contributed by atoms with Gasteiger partial charge >= 0.3 is 0 Å². The molecule has 0 radical (unpaired) electrons. The van der Waals surface area contributed by atoms with Crippen LogP contribution in [0.25, 0.3) is 0 Å². The van der Waals surface area contributed by atoms with E-state index < -0.39 is 0 Å². The van der Waals surface area contributed by atoms with Gasteiger partial charge in [0.2, 0.25) is 0 Å². The Morgan fingerprint density at radius 1 is 1.70 bits per heavy atom. The summed E-state index contributed by atoms with van der Waals surface area (Å²) in [6.45, 7) is 2.01. The van der Waals surface area contributed by atoms with E-state index in [2.05, 4.69) is 21.3 Å². The number of nitrogens with zero attached hydrogens (tertiary/aromatic N) is 2. The van der Waals surface area contributed by atoms with Crippen LogP contribution < -0.4 is 0 Å². The summed E-state index contributed by atoms with van der Waals surface area (Å²) < 4.78 is 0. The number of hydrogen-bond donors (Lipinski definition) is 1. The molecule has 1 heterocycles. The van der Waals surface area contributed by atoms with Crippen LogP contribution in [0.5, 0.6) is 0 Å². The summed E-state index contributed by atoms with van der Waals surface area (Å²) in [5.41, 5.74) is 0. The number of H-pyrrole nitrogens is 1. The summed E-state index contributed by atoms with van der Waals surface area (Å²) in [7, 11) is 0. The van der Waals surface area contributed by atoms with Gasteiger partial charge in [-0.1, -0.05) is 12.2 Å². The Kier molecular flexibility index (Phi) is 2.67. The Morgan fingerprint density at radius 2 is 2.60 bits per heavy atom. The molecule has 0 aliphatic carbocycles. The minimum absolute atomic E-state index is 0.949. The summed E-state index contributed by atoms with van der Waals surface area (Å²) in [4.78, 5) is 3.99. The molecule has 1 N–H and O–H groups in total. The van der Waals surface area contributed by atoms with Crippen molar-refractivity contribution in [2.45, 2.75) is 19.8 Å². The van der Waals surface area contributed by atoms with Gasteiger partial charge in [0.05, 0.1) is 0 Å². The molecule has 1 rings (SSSR count). The quantitative estimate of drug-likeness (QED) is 0.638. The Balaban J connectivity index is 2.28. The lowest BCUT2D eigenvalue weighted by atomic mass is 10.3. The van der Waals surface area contributed by atoms with Gasteiger partial charge in [-0.05, 0) is 13.3 Å². The molecule has 1 aromatic heterocycles. The lowest BCUT2D eigenvalue weighted by molar-refractivity contribution is 0.885. The third kappa shape index (κ3) is 2.01. The minimum Gasteiger partial charge on any atom is -0.263 e. The molecule has 54 valence electrons. The molecular formula is C7H11N3. The average molecular weight is 137 g/mol. The first kappa shape index (κ1) is 6.99. The van der Waals surface area contributed by atoms with E-state index in [0.717, 1.165) is 18.7 Å². The van der Waals surface area contributed by atoms with Crippen LogP contribution in [0.4, 0.5) is 0 Å². The van der Waals surface area contributed by atoms with Crippen molar-refractivity contribution in [2.24, 2.45) is 0 Å². The fraction of sp³-hybridized carbons (Fsp3) is 0.429. The highest BCUT2D eigenvalue weighted by Gasteiger charge is 1.90. The molecule has 3 nitrogen and oxygen atoms in total. The first-order valence-electron chi connectivity index (χ1n) is 3.39. The fourth-order valence-electron chi connectivity index (χ4n) is 0.738. The van der Waals surface area contributed by atoms with Crippen molar-refractivity contribution in [1.82, 2.24) is 15.2 Å². The number of allylic oxidation sites excluding steroid dienone is 2. The van der Waals surface area contributed by atoms with Gasteiger partial charge in [0, 0.05) is 6.42 Å². The molecule has 0 aliphatic rings. The Morgan fingerprint density at radius 3 is 3.20 bits per heavy atom. The molecule has 3 heteroatoms. The van der Waals surface area contributed by atoms with E-state index in [-0.39, 0.29) is 0 Å². The average Bonchev–Trinajstić information content (AvgIpc) is 2.41. The van der Waals surface area contributed by atoms with Crippen LogP contribution in [0.3, 0.4) is 0 Å². The lowest BCUT2D eigenvalue weighted by Gasteiger charge is -1.87. The van der Waals surface area contributed by atoms with Gasteiger partial charge in [-0.25, -0.2) is 4.98 Å². The predicted molar refractivity (Wildman–Crippen MR) is 39.5 cm³/mol. The van der Waals surface area contributed by atoms with Gasteiger partial charge < -0.3 is 0 Å². The molecule has 0 saturated heterocycles. The first-order chi connectivity index (χ1) is 4.93. The maximum absolute atomic E-state index is 3.99. The van der Waals surface area contributed by atoms with E-state index in [0.29, 0.717) is 0 Å². The van der Waals surface area contributed by atoms with E-state index >= 15 is 0 Å². The number of aryl methyl sites for hydroxylation is 1. The van der Waals surface area contributed by atoms with Gasteiger partial charge in [-0.15, -0.1) is 0 Å². The van der Waals surface area contributed by atoms with Crippen molar-refractivity contribution in [1.29, 1.82) is 0 Å². The Hall–Kier alpha value is -1.12.